The van der Waals surface area contributed by atoms with Crippen molar-refractivity contribution >= 4 is 0 Å². The molecule has 0 heterocycles. The number of nitrogens with two attached hydrogens (primary N) is 1. The molecule has 3 heteroatoms. The lowest BCUT2D eigenvalue weighted by molar-refractivity contribution is -0.0648. The van der Waals surface area contributed by atoms with Crippen molar-refractivity contribution in [1.82, 2.24) is 0 Å². The van der Waals surface area contributed by atoms with Gasteiger partial charge >= 0.3 is 0 Å². The molecule has 0 aromatic heterocycles. The quantitative estimate of drug-likeness (QED) is 0.810. The van der Waals surface area contributed by atoms with Gasteiger partial charge in [-0.2, -0.15) is 0 Å². The van der Waals surface area contributed by atoms with E-state index >= 15 is 0 Å². The van der Waals surface area contributed by atoms with Crippen molar-refractivity contribution in [2.24, 2.45) is 28.9 Å². The zero-order chi connectivity index (χ0) is 13.0. The molecule has 0 spiro atoms. The molecule has 0 saturated heterocycles. The van der Waals surface area contributed by atoms with Crippen LogP contribution >= 0.6 is 0 Å². The average molecular weight is 257 g/mol. The fourth-order valence-electron chi connectivity index (χ4n) is 5.24. The second kappa shape index (κ2) is 4.16. The summed E-state index contributed by atoms with van der Waals surface area (Å²) in [6.45, 7) is 1.51. The van der Waals surface area contributed by atoms with Crippen molar-refractivity contribution in [2.45, 2.75) is 70.3 Å². The van der Waals surface area contributed by atoms with Crippen LogP contribution in [0, 0.1) is 23.2 Å². The minimum Gasteiger partial charge on any atom is -0.321 e. The monoisotopic (exact) mass is 257 g/mol. The van der Waals surface area contributed by atoms with Gasteiger partial charge in [-0.3, -0.25) is 0 Å². The van der Waals surface area contributed by atoms with Gasteiger partial charge in [0.2, 0.25) is 0 Å². The highest BCUT2D eigenvalue weighted by Gasteiger charge is 2.51. The topological polar surface area (TPSA) is 26.0 Å². The largest absolute Gasteiger partial charge is 0.321 e. The zero-order valence-electron chi connectivity index (χ0n) is 11.3. The Hall–Kier alpha value is -0.180. The van der Waals surface area contributed by atoms with Crippen molar-refractivity contribution in [3.05, 3.63) is 0 Å². The highest BCUT2D eigenvalue weighted by atomic mass is 19.3. The van der Waals surface area contributed by atoms with E-state index in [9.17, 15) is 8.78 Å². The minimum absolute atomic E-state index is 0.379. The normalized spacial score (nSPS) is 45.5. The molecule has 0 aromatic carbocycles. The maximum Gasteiger partial charge on any atom is 0.255 e. The van der Waals surface area contributed by atoms with Gasteiger partial charge in [-0.25, -0.2) is 8.78 Å². The fraction of sp³-hybridized carbons (Fsp3) is 1.00. The Kier molecular flexibility index (Phi) is 2.96. The van der Waals surface area contributed by atoms with Gasteiger partial charge in [-0.15, -0.1) is 0 Å². The third kappa shape index (κ3) is 2.19. The van der Waals surface area contributed by atoms with Gasteiger partial charge in [0, 0.05) is 0 Å². The summed E-state index contributed by atoms with van der Waals surface area (Å²) >= 11 is 0. The number of hydrogen-bond acceptors (Lipinski definition) is 1. The average Bonchev–Trinajstić information content (AvgIpc) is 2.24. The lowest BCUT2D eigenvalue weighted by Crippen LogP contribution is -2.49. The van der Waals surface area contributed by atoms with Crippen LogP contribution in [0.4, 0.5) is 8.78 Å². The molecular weight excluding hydrogens is 232 g/mol. The number of halogens is 2. The van der Waals surface area contributed by atoms with Crippen molar-refractivity contribution in [1.29, 1.82) is 0 Å². The molecular formula is C15H25F2N. The van der Waals surface area contributed by atoms with Crippen LogP contribution in [-0.4, -0.2) is 12.0 Å². The lowest BCUT2D eigenvalue weighted by Gasteiger charge is -2.57. The van der Waals surface area contributed by atoms with E-state index in [1.807, 2.05) is 0 Å². The van der Waals surface area contributed by atoms with Crippen LogP contribution in [-0.2, 0) is 0 Å². The summed E-state index contributed by atoms with van der Waals surface area (Å²) in [4.78, 5) is 0. The van der Waals surface area contributed by atoms with Crippen LogP contribution in [0.5, 0.6) is 0 Å². The Bertz CT molecular complexity index is 289. The third-order valence-corrected chi connectivity index (χ3v) is 5.86. The second-order valence-corrected chi connectivity index (χ2v) is 7.72. The van der Waals surface area contributed by atoms with Gasteiger partial charge in [0.25, 0.3) is 6.43 Å². The summed E-state index contributed by atoms with van der Waals surface area (Å²) in [5, 5.41) is 0. The fourth-order valence-corrected chi connectivity index (χ4v) is 5.24. The molecule has 0 aromatic rings. The molecule has 4 rings (SSSR count). The molecule has 4 aliphatic carbocycles. The Morgan fingerprint density at radius 1 is 1.11 bits per heavy atom. The second-order valence-electron chi connectivity index (χ2n) is 7.72. The van der Waals surface area contributed by atoms with Gasteiger partial charge in [0.15, 0.2) is 0 Å². The molecule has 4 fully saturated rings. The molecule has 4 bridgehead atoms. The number of alkyl halides is 2. The molecule has 18 heavy (non-hydrogen) atoms. The van der Waals surface area contributed by atoms with E-state index < -0.39 is 12.0 Å². The van der Waals surface area contributed by atoms with E-state index in [-0.39, 0.29) is 0 Å². The number of rotatable bonds is 4. The van der Waals surface area contributed by atoms with Crippen molar-refractivity contribution in [3.8, 4) is 0 Å². The Morgan fingerprint density at radius 3 is 1.94 bits per heavy atom. The van der Waals surface area contributed by atoms with Crippen molar-refractivity contribution < 1.29 is 8.78 Å². The van der Waals surface area contributed by atoms with E-state index in [1.54, 1.807) is 0 Å². The van der Waals surface area contributed by atoms with Gasteiger partial charge in [-0.05, 0) is 81.5 Å². The summed E-state index contributed by atoms with van der Waals surface area (Å²) in [5.41, 5.74) is 4.83. The lowest BCUT2D eigenvalue weighted by atomic mass is 9.48. The number of hydrogen-bond donors (Lipinski definition) is 1. The first-order chi connectivity index (χ1) is 8.39. The highest BCUT2D eigenvalue weighted by Crippen LogP contribution is 2.61. The highest BCUT2D eigenvalue weighted by molar-refractivity contribution is 5.02. The molecule has 0 aliphatic heterocycles. The first-order valence-electron chi connectivity index (χ1n) is 7.46. The van der Waals surface area contributed by atoms with Gasteiger partial charge < -0.3 is 5.73 Å². The van der Waals surface area contributed by atoms with E-state index in [0.29, 0.717) is 11.8 Å². The van der Waals surface area contributed by atoms with Crippen molar-refractivity contribution in [3.63, 3.8) is 0 Å². The van der Waals surface area contributed by atoms with Crippen LogP contribution in [0.2, 0.25) is 0 Å². The smallest absolute Gasteiger partial charge is 0.255 e. The van der Waals surface area contributed by atoms with E-state index in [2.05, 4.69) is 0 Å². The first-order valence-corrected chi connectivity index (χ1v) is 7.46. The summed E-state index contributed by atoms with van der Waals surface area (Å²) in [6, 6.07) is 0. The van der Waals surface area contributed by atoms with E-state index in [1.165, 1.54) is 45.4 Å². The zero-order valence-corrected chi connectivity index (χ0v) is 11.3. The Labute approximate surface area is 109 Å². The summed E-state index contributed by atoms with van der Waals surface area (Å²) in [5.74, 6) is 2.69. The molecule has 1 unspecified atom stereocenters. The van der Waals surface area contributed by atoms with E-state index in [0.717, 1.165) is 24.2 Å². The molecule has 0 amide bonds. The standard InChI is InChI=1S/C15H25F2N/c1-14(18,13(16)17)2-3-15-7-10-4-11(8-15)6-12(5-10)9-15/h10-13H,2-9,18H2,1H3. The Morgan fingerprint density at radius 2 is 1.56 bits per heavy atom. The van der Waals surface area contributed by atoms with Crippen molar-refractivity contribution in [2.75, 3.05) is 0 Å². The molecule has 104 valence electrons. The maximum absolute atomic E-state index is 12.8. The molecule has 2 N–H and O–H groups in total. The van der Waals surface area contributed by atoms with Crippen LogP contribution in [0.15, 0.2) is 0 Å². The predicted octanol–water partition coefficient (Wildman–Crippen LogP) is 3.97. The van der Waals surface area contributed by atoms with Gasteiger partial charge in [0.05, 0.1) is 5.54 Å². The van der Waals surface area contributed by atoms with Crippen LogP contribution in [0.25, 0.3) is 0 Å². The molecule has 0 radical (unpaired) electrons. The minimum atomic E-state index is -2.40. The predicted molar refractivity (Wildman–Crippen MR) is 68.4 cm³/mol. The van der Waals surface area contributed by atoms with Crippen LogP contribution in [0.1, 0.15) is 58.3 Å². The van der Waals surface area contributed by atoms with E-state index in [4.69, 9.17) is 5.73 Å². The molecule has 1 atom stereocenters. The van der Waals surface area contributed by atoms with Gasteiger partial charge in [-0.1, -0.05) is 0 Å². The maximum atomic E-state index is 12.8. The van der Waals surface area contributed by atoms with Crippen LogP contribution < -0.4 is 5.73 Å². The van der Waals surface area contributed by atoms with Gasteiger partial charge in [0.1, 0.15) is 0 Å². The Balaban J connectivity index is 1.66. The SMILES string of the molecule is CC(N)(CCC12CC3CC(CC(C3)C1)C2)C(F)F. The molecule has 1 nitrogen and oxygen atoms in total. The molecule has 4 aliphatic rings. The molecule has 4 saturated carbocycles. The summed E-state index contributed by atoms with van der Waals surface area (Å²) in [6.07, 6.45) is 7.11. The summed E-state index contributed by atoms with van der Waals surface area (Å²) in [7, 11) is 0. The van der Waals surface area contributed by atoms with Crippen LogP contribution in [0.3, 0.4) is 0 Å². The first kappa shape index (κ1) is 12.8. The summed E-state index contributed by atoms with van der Waals surface area (Å²) < 4.78 is 25.7. The third-order valence-electron chi connectivity index (χ3n) is 5.86.